The smallest absolute Gasteiger partial charge is 0.257 e. The molecule has 0 bridgehead atoms. The maximum atomic E-state index is 14.2. The molecular weight excluding hydrogens is 571 g/mol. The Hall–Kier alpha value is -2.83. The summed E-state index contributed by atoms with van der Waals surface area (Å²) >= 11 is 0. The number of benzene rings is 1. The van der Waals surface area contributed by atoms with Crippen molar-refractivity contribution in [3.8, 4) is 11.5 Å². The van der Waals surface area contributed by atoms with Gasteiger partial charge in [-0.3, -0.25) is 4.79 Å². The van der Waals surface area contributed by atoms with Gasteiger partial charge in [-0.05, 0) is 95.9 Å². The fraction of sp³-hybridized carbons (Fsp3) is 0.645. The van der Waals surface area contributed by atoms with E-state index in [2.05, 4.69) is 31.8 Å². The van der Waals surface area contributed by atoms with Crippen LogP contribution < -0.4 is 19.7 Å². The molecule has 1 amide bonds. The third-order valence-electron chi connectivity index (χ3n) is 8.69. The minimum atomic E-state index is -3.16. The Morgan fingerprint density at radius 1 is 1.21 bits per heavy atom. The van der Waals surface area contributed by atoms with Crippen LogP contribution in [0.3, 0.4) is 0 Å². The first-order chi connectivity index (χ1) is 20.4. The first-order valence-electron chi connectivity index (χ1n) is 15.5. The molecule has 43 heavy (non-hydrogen) atoms. The van der Waals surface area contributed by atoms with Crippen LogP contribution in [0.4, 0.5) is 10.2 Å². The molecule has 1 atom stereocenters. The van der Waals surface area contributed by atoms with E-state index in [4.69, 9.17) is 4.74 Å². The minimum absolute atomic E-state index is 0.0199. The molecule has 2 aromatic rings. The van der Waals surface area contributed by atoms with Crippen LogP contribution in [0.15, 0.2) is 30.7 Å². The molecule has 2 aliphatic rings. The number of carbonyl (C=O) groups is 1. The molecule has 1 aromatic heterocycles. The Bertz CT molecular complexity index is 1350. The highest BCUT2D eigenvalue weighted by molar-refractivity contribution is 7.89. The minimum Gasteiger partial charge on any atom is -0.451 e. The summed E-state index contributed by atoms with van der Waals surface area (Å²) in [5.41, 5.74) is 0.184. The van der Waals surface area contributed by atoms with Gasteiger partial charge in [-0.25, -0.2) is 27.5 Å². The lowest BCUT2D eigenvalue weighted by Crippen LogP contribution is -2.41. The number of ether oxygens (including phenoxy) is 1. The molecule has 1 saturated carbocycles. The third kappa shape index (κ3) is 8.63. The van der Waals surface area contributed by atoms with Crippen molar-refractivity contribution in [1.82, 2.24) is 24.9 Å². The van der Waals surface area contributed by atoms with Crippen LogP contribution >= 0.6 is 0 Å². The number of hydrogen-bond donors (Lipinski definition) is 2. The van der Waals surface area contributed by atoms with E-state index < -0.39 is 15.8 Å². The van der Waals surface area contributed by atoms with Gasteiger partial charge in [-0.15, -0.1) is 0 Å². The Morgan fingerprint density at radius 2 is 1.95 bits per heavy atom. The number of hydrogen-bond acceptors (Lipinski definition) is 8. The lowest BCUT2D eigenvalue weighted by atomic mass is 9.85. The molecule has 4 rings (SSSR count). The molecule has 1 aliphatic carbocycles. The molecule has 0 unspecified atom stereocenters. The van der Waals surface area contributed by atoms with Crippen LogP contribution in [0.2, 0.25) is 0 Å². The Morgan fingerprint density at radius 3 is 2.63 bits per heavy atom. The fourth-order valence-electron chi connectivity index (χ4n) is 6.14. The van der Waals surface area contributed by atoms with Crippen LogP contribution in [0, 0.1) is 17.2 Å². The first kappa shape index (κ1) is 33.1. The number of nitrogens with zero attached hydrogens (tertiary/aromatic N) is 4. The summed E-state index contributed by atoms with van der Waals surface area (Å²) in [6.07, 6.45) is 7.82. The van der Waals surface area contributed by atoms with Crippen LogP contribution in [0.1, 0.15) is 77.1 Å². The molecule has 1 aliphatic heterocycles. The quantitative estimate of drug-likeness (QED) is 0.335. The average Bonchev–Trinajstić information content (AvgIpc) is 3.36. The monoisotopic (exact) mass is 618 g/mol. The maximum absolute atomic E-state index is 14.2. The summed E-state index contributed by atoms with van der Waals surface area (Å²) in [5, 5.41) is 3.68. The van der Waals surface area contributed by atoms with Crippen molar-refractivity contribution in [3.63, 3.8) is 0 Å². The molecular formula is C31H47FN6O4S. The number of halogens is 1. The summed E-state index contributed by atoms with van der Waals surface area (Å²) in [4.78, 5) is 25.9. The van der Waals surface area contributed by atoms with E-state index in [1.54, 1.807) is 18.0 Å². The highest BCUT2D eigenvalue weighted by atomic mass is 32.2. The van der Waals surface area contributed by atoms with E-state index in [0.29, 0.717) is 24.0 Å². The maximum Gasteiger partial charge on any atom is 0.257 e. The Balaban J connectivity index is 1.36. The lowest BCUT2D eigenvalue weighted by molar-refractivity contribution is 0.0713. The van der Waals surface area contributed by atoms with E-state index in [1.807, 2.05) is 20.8 Å². The van der Waals surface area contributed by atoms with Crippen molar-refractivity contribution in [3.05, 3.63) is 42.1 Å². The average molecular weight is 619 g/mol. The summed E-state index contributed by atoms with van der Waals surface area (Å²) in [6.45, 7) is 13.5. The van der Waals surface area contributed by atoms with Crippen molar-refractivity contribution in [2.24, 2.45) is 11.3 Å². The van der Waals surface area contributed by atoms with Crippen LogP contribution in [-0.2, 0) is 10.0 Å². The molecule has 2 heterocycles. The van der Waals surface area contributed by atoms with Crippen molar-refractivity contribution >= 4 is 21.7 Å². The fourth-order valence-corrected chi connectivity index (χ4v) is 7.05. The molecule has 2 fully saturated rings. The predicted octanol–water partition coefficient (Wildman–Crippen LogP) is 4.58. The molecule has 238 valence electrons. The molecule has 1 aromatic carbocycles. The van der Waals surface area contributed by atoms with Gasteiger partial charge >= 0.3 is 0 Å². The second-order valence-electron chi connectivity index (χ2n) is 12.5. The van der Waals surface area contributed by atoms with E-state index in [-0.39, 0.29) is 40.5 Å². The van der Waals surface area contributed by atoms with Gasteiger partial charge in [0.25, 0.3) is 5.91 Å². The predicted molar refractivity (Wildman–Crippen MR) is 167 cm³/mol. The first-order valence-corrected chi connectivity index (χ1v) is 17.1. The van der Waals surface area contributed by atoms with Crippen LogP contribution in [0.5, 0.6) is 11.5 Å². The number of nitrogens with one attached hydrogen (secondary N) is 2. The van der Waals surface area contributed by atoms with Gasteiger partial charge in [-0.2, -0.15) is 0 Å². The number of amides is 1. The Labute approximate surface area is 255 Å². The van der Waals surface area contributed by atoms with Crippen molar-refractivity contribution in [2.75, 3.05) is 43.4 Å². The van der Waals surface area contributed by atoms with Crippen molar-refractivity contribution in [2.45, 2.75) is 78.8 Å². The Kier molecular flexibility index (Phi) is 11.0. The third-order valence-corrected chi connectivity index (χ3v) is 10.1. The number of carbonyl (C=O) groups excluding carboxylic acids is 1. The molecule has 0 radical (unpaired) electrons. The van der Waals surface area contributed by atoms with Crippen LogP contribution in [-0.4, -0.2) is 79.8 Å². The summed E-state index contributed by atoms with van der Waals surface area (Å²) in [6, 6.07) is 4.00. The summed E-state index contributed by atoms with van der Waals surface area (Å²) < 4.78 is 47.1. The van der Waals surface area contributed by atoms with E-state index in [1.165, 1.54) is 24.5 Å². The second kappa shape index (κ2) is 14.3. The van der Waals surface area contributed by atoms with Crippen molar-refractivity contribution < 1.29 is 22.3 Å². The van der Waals surface area contributed by atoms with Gasteiger partial charge < -0.3 is 19.9 Å². The van der Waals surface area contributed by atoms with Gasteiger partial charge in [0.2, 0.25) is 10.0 Å². The van der Waals surface area contributed by atoms with Gasteiger partial charge in [0.1, 0.15) is 17.9 Å². The van der Waals surface area contributed by atoms with Gasteiger partial charge in [0, 0.05) is 38.3 Å². The zero-order valence-corrected chi connectivity index (χ0v) is 26.9. The van der Waals surface area contributed by atoms with E-state index in [0.717, 1.165) is 58.3 Å². The number of anilines is 1. The molecule has 0 spiro atoms. The van der Waals surface area contributed by atoms with Gasteiger partial charge in [0.05, 0.1) is 17.5 Å². The zero-order valence-electron chi connectivity index (χ0n) is 26.1. The highest BCUT2D eigenvalue weighted by Crippen LogP contribution is 2.38. The van der Waals surface area contributed by atoms with Crippen molar-refractivity contribution in [1.29, 1.82) is 0 Å². The van der Waals surface area contributed by atoms with E-state index >= 15 is 0 Å². The molecule has 10 nitrogen and oxygen atoms in total. The second-order valence-corrected chi connectivity index (χ2v) is 14.5. The molecule has 2 N–H and O–H groups in total. The lowest BCUT2D eigenvalue weighted by Gasteiger charge is -2.31. The van der Waals surface area contributed by atoms with Gasteiger partial charge in [0.15, 0.2) is 11.6 Å². The topological polar surface area (TPSA) is 117 Å². The number of aromatic nitrogens is 2. The number of rotatable bonds is 13. The molecule has 1 saturated heterocycles. The van der Waals surface area contributed by atoms with E-state index in [9.17, 15) is 17.6 Å². The SMILES string of the molecule is CCN(C(=O)c1cc(F)ccc1Oc1cncnc1N1CC[C@@](C)(CNCC2CCC(NS(=O)(=O)CC)CC2)C1)C(C)C. The summed E-state index contributed by atoms with van der Waals surface area (Å²) in [5.74, 6) is 1.20. The normalized spacial score (nSPS) is 22.6. The molecule has 12 heteroatoms. The largest absolute Gasteiger partial charge is 0.451 e. The van der Waals surface area contributed by atoms with Crippen LogP contribution in [0.25, 0.3) is 0 Å². The van der Waals surface area contributed by atoms with Gasteiger partial charge in [-0.1, -0.05) is 6.92 Å². The zero-order chi connectivity index (χ0) is 31.2. The number of sulfonamides is 1. The standard InChI is InChI=1S/C31H47FN6O4S/c1-6-38(22(3)4)30(39)26-16-24(32)10-13-27(26)42-28-18-34-21-35-29(28)37-15-14-31(5,20-37)19-33-17-23-8-11-25(12-9-23)36-43(40,41)7-2/h10,13,16,18,21-23,25,33,36H,6-9,11-12,14-15,17,19-20H2,1-5H3/t23?,25?,31-/m0/s1. The summed E-state index contributed by atoms with van der Waals surface area (Å²) in [7, 11) is -3.16. The highest BCUT2D eigenvalue weighted by Gasteiger charge is 2.36.